The Bertz CT molecular complexity index is 1520. The van der Waals surface area contributed by atoms with Gasteiger partial charge in [0.15, 0.2) is 4.80 Å². The van der Waals surface area contributed by atoms with Crippen LogP contribution in [0.25, 0.3) is 6.08 Å². The van der Waals surface area contributed by atoms with Crippen LogP contribution in [0.5, 0.6) is 5.75 Å². The van der Waals surface area contributed by atoms with Crippen LogP contribution in [0.4, 0.5) is 0 Å². The van der Waals surface area contributed by atoms with Gasteiger partial charge in [-0.3, -0.25) is 14.2 Å². The Hall–Kier alpha value is -3.20. The van der Waals surface area contributed by atoms with Crippen LogP contribution in [0.3, 0.4) is 0 Å². The first kappa shape index (κ1) is 23.9. The number of benzene rings is 2. The van der Waals surface area contributed by atoms with Crippen LogP contribution in [0, 0.1) is 0 Å². The van der Waals surface area contributed by atoms with Gasteiger partial charge in [0.1, 0.15) is 5.75 Å². The molecule has 1 aliphatic rings. The Morgan fingerprint density at radius 1 is 1.15 bits per heavy atom. The van der Waals surface area contributed by atoms with Crippen LogP contribution < -0.4 is 19.6 Å². The number of methoxy groups -OCH3 is 1. The second kappa shape index (κ2) is 9.58. The molecule has 0 fully saturated rings. The average Bonchev–Trinajstić information content (AvgIpc) is 3.09. The number of esters is 2. The summed E-state index contributed by atoms with van der Waals surface area (Å²) in [7, 11) is 1.27. The van der Waals surface area contributed by atoms with Gasteiger partial charge in [-0.05, 0) is 48.4 Å². The Balaban J connectivity index is 1.92. The molecule has 0 N–H and O–H groups in total. The van der Waals surface area contributed by atoms with Crippen LogP contribution in [0.1, 0.15) is 31.0 Å². The maximum atomic E-state index is 13.5. The molecule has 2 heterocycles. The molecule has 0 amide bonds. The first-order valence-corrected chi connectivity index (χ1v) is 11.6. The first-order chi connectivity index (χ1) is 16.2. The highest BCUT2D eigenvalue weighted by Gasteiger charge is 2.33. The van der Waals surface area contributed by atoms with Crippen molar-refractivity contribution < 1.29 is 19.1 Å². The average molecular weight is 517 g/mol. The Kier molecular flexibility index (Phi) is 6.74. The minimum Gasteiger partial charge on any atom is -0.466 e. The van der Waals surface area contributed by atoms with Gasteiger partial charge in [0, 0.05) is 17.0 Å². The van der Waals surface area contributed by atoms with Crippen molar-refractivity contribution in [3.05, 3.63) is 94.6 Å². The van der Waals surface area contributed by atoms with Crippen LogP contribution in [-0.4, -0.2) is 23.6 Å². The van der Waals surface area contributed by atoms with Gasteiger partial charge in [-0.15, -0.1) is 0 Å². The summed E-state index contributed by atoms with van der Waals surface area (Å²) in [6.07, 6.45) is 1.67. The zero-order valence-corrected chi connectivity index (χ0v) is 20.6. The molecule has 1 aromatic heterocycles. The van der Waals surface area contributed by atoms with Gasteiger partial charge < -0.3 is 9.47 Å². The smallest absolute Gasteiger partial charge is 0.338 e. The van der Waals surface area contributed by atoms with E-state index < -0.39 is 18.0 Å². The summed E-state index contributed by atoms with van der Waals surface area (Å²) in [4.78, 5) is 42.4. The van der Waals surface area contributed by atoms with Crippen LogP contribution in [0.2, 0.25) is 10.0 Å². The largest absolute Gasteiger partial charge is 0.466 e. The molecule has 1 atom stereocenters. The van der Waals surface area contributed by atoms with Gasteiger partial charge >= 0.3 is 11.9 Å². The molecule has 0 spiro atoms. The van der Waals surface area contributed by atoms with Gasteiger partial charge in [-0.25, -0.2) is 9.79 Å². The van der Waals surface area contributed by atoms with E-state index in [1.54, 1.807) is 55.5 Å². The molecular weight excluding hydrogens is 499 g/mol. The van der Waals surface area contributed by atoms with Gasteiger partial charge in [-0.1, -0.05) is 52.7 Å². The number of thiazole rings is 1. The van der Waals surface area contributed by atoms with E-state index >= 15 is 0 Å². The normalized spacial score (nSPS) is 15.6. The lowest BCUT2D eigenvalue weighted by molar-refractivity contribution is -0.136. The van der Waals surface area contributed by atoms with Gasteiger partial charge in [0.25, 0.3) is 5.56 Å². The monoisotopic (exact) mass is 516 g/mol. The molecule has 34 heavy (non-hydrogen) atoms. The fourth-order valence-corrected chi connectivity index (χ4v) is 5.15. The van der Waals surface area contributed by atoms with Crippen LogP contribution in [0.15, 0.2) is 63.5 Å². The van der Waals surface area contributed by atoms with Crippen molar-refractivity contribution in [1.82, 2.24) is 4.57 Å². The lowest BCUT2D eigenvalue weighted by Gasteiger charge is -2.24. The Labute approximate surface area is 208 Å². The fourth-order valence-electron chi connectivity index (χ4n) is 3.65. The first-order valence-electron chi connectivity index (χ1n) is 10.0. The summed E-state index contributed by atoms with van der Waals surface area (Å²) in [6, 6.07) is 10.8. The van der Waals surface area contributed by atoms with Crippen LogP contribution in [-0.2, 0) is 14.3 Å². The number of rotatable bonds is 4. The number of nitrogens with zero attached hydrogens (tertiary/aromatic N) is 2. The SMILES string of the molecule is COC(=O)C1=C(C)N=c2s/c(=C/c3ccc(Cl)cc3Cl)c(=O)n2C1c1ccc(OC(C)=O)cc1. The van der Waals surface area contributed by atoms with E-state index in [9.17, 15) is 14.4 Å². The highest BCUT2D eigenvalue weighted by atomic mass is 35.5. The number of carbonyl (C=O) groups is 2. The van der Waals surface area contributed by atoms with Crippen molar-refractivity contribution in [3.63, 3.8) is 0 Å². The van der Waals surface area contributed by atoms with E-state index in [4.69, 9.17) is 32.7 Å². The van der Waals surface area contributed by atoms with Crippen molar-refractivity contribution in [1.29, 1.82) is 0 Å². The van der Waals surface area contributed by atoms with Crippen LogP contribution >= 0.6 is 34.5 Å². The molecule has 0 saturated carbocycles. The highest BCUT2D eigenvalue weighted by molar-refractivity contribution is 7.07. The van der Waals surface area contributed by atoms with Crippen molar-refractivity contribution >= 4 is 52.6 Å². The predicted octanol–water partition coefficient (Wildman–Crippen LogP) is 3.64. The number of halogens is 2. The number of carbonyl (C=O) groups excluding carboxylic acids is 2. The molecule has 0 bridgehead atoms. The molecule has 0 aliphatic carbocycles. The summed E-state index contributed by atoms with van der Waals surface area (Å²) in [5.41, 5.74) is 1.60. The van der Waals surface area contributed by atoms with Crippen molar-refractivity contribution in [2.24, 2.45) is 4.99 Å². The van der Waals surface area contributed by atoms with E-state index in [-0.39, 0.29) is 11.1 Å². The second-order valence-corrected chi connectivity index (χ2v) is 9.25. The predicted molar refractivity (Wildman–Crippen MR) is 130 cm³/mol. The zero-order valence-electron chi connectivity index (χ0n) is 18.3. The number of hydrogen-bond donors (Lipinski definition) is 0. The molecule has 3 aromatic rings. The quantitative estimate of drug-likeness (QED) is 0.390. The fraction of sp³-hybridized carbons (Fsp3) is 0.167. The van der Waals surface area contributed by atoms with E-state index in [1.807, 2.05) is 0 Å². The van der Waals surface area contributed by atoms with Crippen molar-refractivity contribution in [2.45, 2.75) is 19.9 Å². The molecule has 2 aromatic carbocycles. The number of aromatic nitrogens is 1. The van der Waals surface area contributed by atoms with Gasteiger partial charge in [-0.2, -0.15) is 0 Å². The third-order valence-electron chi connectivity index (χ3n) is 5.13. The maximum absolute atomic E-state index is 13.5. The molecular formula is C24H18Cl2N2O5S. The maximum Gasteiger partial charge on any atom is 0.338 e. The molecule has 4 rings (SSSR count). The molecule has 1 unspecified atom stereocenters. The number of ether oxygens (including phenoxy) is 2. The standard InChI is InChI=1S/C24H18Cl2N2O5S/c1-12-20(23(31)32-3)21(14-5-8-17(9-6-14)33-13(2)29)28-22(30)19(34-24(28)27-12)10-15-4-7-16(25)11-18(15)26/h4-11,21H,1-3H3/b19-10+. The van der Waals surface area contributed by atoms with Crippen molar-refractivity contribution in [3.8, 4) is 5.75 Å². The summed E-state index contributed by atoms with van der Waals surface area (Å²) in [5, 5.41) is 0.890. The topological polar surface area (TPSA) is 87.0 Å². The second-order valence-electron chi connectivity index (χ2n) is 7.40. The minimum atomic E-state index is -0.780. The van der Waals surface area contributed by atoms with E-state index in [1.165, 1.54) is 29.9 Å². The van der Waals surface area contributed by atoms with E-state index in [0.29, 0.717) is 42.0 Å². The van der Waals surface area contributed by atoms with Gasteiger partial charge in [0.2, 0.25) is 0 Å². The summed E-state index contributed by atoms with van der Waals surface area (Å²) in [5.74, 6) is -0.695. The van der Waals surface area contributed by atoms with E-state index in [0.717, 1.165) is 0 Å². The Morgan fingerprint density at radius 3 is 2.47 bits per heavy atom. The molecule has 174 valence electrons. The number of allylic oxidation sites excluding steroid dienone is 1. The number of hydrogen-bond acceptors (Lipinski definition) is 7. The summed E-state index contributed by atoms with van der Waals surface area (Å²) >= 11 is 13.5. The van der Waals surface area contributed by atoms with Crippen molar-refractivity contribution in [2.75, 3.05) is 7.11 Å². The lowest BCUT2D eigenvalue weighted by atomic mass is 9.96. The minimum absolute atomic E-state index is 0.242. The lowest BCUT2D eigenvalue weighted by Crippen LogP contribution is -2.39. The zero-order chi connectivity index (χ0) is 24.6. The highest BCUT2D eigenvalue weighted by Crippen LogP contribution is 2.31. The Morgan fingerprint density at radius 2 is 1.85 bits per heavy atom. The number of fused-ring (bicyclic) bond motifs is 1. The molecule has 0 saturated heterocycles. The summed E-state index contributed by atoms with van der Waals surface area (Å²) in [6.45, 7) is 3.00. The molecule has 7 nitrogen and oxygen atoms in total. The van der Waals surface area contributed by atoms with E-state index in [2.05, 4.69) is 4.99 Å². The third-order valence-corrected chi connectivity index (χ3v) is 6.68. The summed E-state index contributed by atoms with van der Waals surface area (Å²) < 4.78 is 11.9. The third kappa shape index (κ3) is 4.57. The molecule has 10 heteroatoms. The molecule has 0 radical (unpaired) electrons. The van der Waals surface area contributed by atoms with Gasteiger partial charge in [0.05, 0.1) is 29.0 Å². The molecule has 1 aliphatic heterocycles.